The van der Waals surface area contributed by atoms with E-state index in [1.54, 1.807) is 0 Å². The number of nitrogens with zero attached hydrogens (tertiary/aromatic N) is 1. The number of nitrogens with one attached hydrogen (secondary N) is 1. The third-order valence-electron chi connectivity index (χ3n) is 2.92. The lowest BCUT2D eigenvalue weighted by Crippen LogP contribution is -2.28. The number of halogens is 2. The van der Waals surface area contributed by atoms with Crippen molar-refractivity contribution in [2.24, 2.45) is 0 Å². The van der Waals surface area contributed by atoms with Gasteiger partial charge in [0.15, 0.2) is 0 Å². The Hall–Kier alpha value is -0.430. The highest BCUT2D eigenvalue weighted by molar-refractivity contribution is 9.09. The summed E-state index contributed by atoms with van der Waals surface area (Å²) in [5.74, 6) is -0.114. The van der Waals surface area contributed by atoms with E-state index in [1.165, 1.54) is 0 Å². The lowest BCUT2D eigenvalue weighted by atomic mass is 10.1. The van der Waals surface area contributed by atoms with E-state index in [4.69, 9.17) is 4.74 Å². The maximum atomic E-state index is 11.8. The van der Waals surface area contributed by atoms with Gasteiger partial charge in [0, 0.05) is 42.6 Å². The molecule has 0 aliphatic carbocycles. The second kappa shape index (κ2) is 11.2. The number of hydrogen-bond donors (Lipinski definition) is 1. The topological polar surface area (TPSA) is 41.6 Å². The molecule has 0 atom stereocenters. The van der Waals surface area contributed by atoms with Crippen LogP contribution >= 0.6 is 31.9 Å². The summed E-state index contributed by atoms with van der Waals surface area (Å²) in [6.07, 6.45) is 0. The fourth-order valence-corrected chi connectivity index (χ4v) is 2.91. The highest BCUT2D eigenvalue weighted by atomic mass is 79.9. The molecule has 21 heavy (non-hydrogen) atoms. The minimum Gasteiger partial charge on any atom is -0.372 e. The van der Waals surface area contributed by atoms with E-state index in [0.29, 0.717) is 6.61 Å². The summed E-state index contributed by atoms with van der Waals surface area (Å²) in [5.41, 5.74) is 1.97. The Morgan fingerprint density at radius 1 is 1.24 bits per heavy atom. The van der Waals surface area contributed by atoms with Gasteiger partial charge in [-0.05, 0) is 18.6 Å². The third kappa shape index (κ3) is 7.40. The molecule has 1 aromatic carbocycles. The molecule has 1 amide bonds. The van der Waals surface area contributed by atoms with Crippen molar-refractivity contribution in [3.05, 3.63) is 29.8 Å². The van der Waals surface area contributed by atoms with Crippen molar-refractivity contribution >= 4 is 43.5 Å². The number of alkyl halides is 2. The van der Waals surface area contributed by atoms with Crippen LogP contribution in [0.15, 0.2) is 24.3 Å². The summed E-state index contributed by atoms with van der Waals surface area (Å²) >= 11 is 6.95. The summed E-state index contributed by atoms with van der Waals surface area (Å²) in [7, 11) is 0. The van der Waals surface area contributed by atoms with E-state index < -0.39 is 0 Å². The van der Waals surface area contributed by atoms with Crippen LogP contribution in [0, 0.1) is 0 Å². The number of carbonyl (C=O) groups excluding carboxylic acids is 1. The van der Waals surface area contributed by atoms with Gasteiger partial charge in [0.25, 0.3) is 0 Å². The Morgan fingerprint density at radius 2 is 1.90 bits per heavy atom. The highest BCUT2D eigenvalue weighted by Gasteiger charge is 2.10. The molecule has 0 aliphatic heterocycles. The number of benzene rings is 1. The van der Waals surface area contributed by atoms with Crippen LogP contribution in [-0.4, -0.2) is 47.8 Å². The van der Waals surface area contributed by atoms with Gasteiger partial charge in [-0.2, -0.15) is 0 Å². The van der Waals surface area contributed by atoms with E-state index in [2.05, 4.69) is 42.1 Å². The highest BCUT2D eigenvalue weighted by Crippen LogP contribution is 2.17. The Kier molecular flexibility index (Phi) is 9.91. The quantitative estimate of drug-likeness (QED) is 0.589. The Bertz CT molecular complexity index is 424. The van der Waals surface area contributed by atoms with Crippen molar-refractivity contribution in [1.29, 1.82) is 0 Å². The van der Waals surface area contributed by atoms with E-state index in [0.717, 1.165) is 41.5 Å². The Balaban J connectivity index is 2.71. The number of ether oxygens (including phenoxy) is 1. The molecule has 0 spiro atoms. The van der Waals surface area contributed by atoms with Crippen LogP contribution in [0.25, 0.3) is 0 Å². The second-order valence-electron chi connectivity index (χ2n) is 4.50. The summed E-state index contributed by atoms with van der Waals surface area (Å²) in [5, 5.41) is 4.78. The first-order valence-electron chi connectivity index (χ1n) is 7.01. The number of para-hydroxylation sites is 1. The summed E-state index contributed by atoms with van der Waals surface area (Å²) < 4.78 is 5.13. The number of anilines is 1. The number of amides is 1. The van der Waals surface area contributed by atoms with E-state index in [9.17, 15) is 4.79 Å². The second-order valence-corrected chi connectivity index (χ2v) is 6.08. The monoisotopic (exact) mass is 420 g/mol. The molecule has 0 radical (unpaired) electrons. The smallest absolute Gasteiger partial charge is 0.250 e. The summed E-state index contributed by atoms with van der Waals surface area (Å²) in [6, 6.07) is 7.90. The van der Waals surface area contributed by atoms with Gasteiger partial charge in [-0.1, -0.05) is 50.1 Å². The van der Waals surface area contributed by atoms with Crippen molar-refractivity contribution in [3.63, 3.8) is 0 Å². The molecule has 4 nitrogen and oxygen atoms in total. The first-order chi connectivity index (χ1) is 10.2. The number of hydrogen-bond acceptors (Lipinski definition) is 3. The fourth-order valence-electron chi connectivity index (χ4n) is 1.91. The molecule has 1 aromatic rings. The van der Waals surface area contributed by atoms with Gasteiger partial charge in [-0.3, -0.25) is 9.69 Å². The molecule has 6 heteroatoms. The molecule has 1 rings (SSSR count). The van der Waals surface area contributed by atoms with Crippen LogP contribution in [0.5, 0.6) is 0 Å². The minimum absolute atomic E-state index is 0.0946. The molecule has 0 bridgehead atoms. The van der Waals surface area contributed by atoms with Crippen molar-refractivity contribution < 1.29 is 9.53 Å². The van der Waals surface area contributed by atoms with Gasteiger partial charge >= 0.3 is 0 Å². The van der Waals surface area contributed by atoms with Gasteiger partial charge in [-0.25, -0.2) is 0 Å². The van der Waals surface area contributed by atoms with Crippen LogP contribution < -0.4 is 5.32 Å². The Morgan fingerprint density at radius 3 is 2.52 bits per heavy atom. The maximum absolute atomic E-state index is 11.8. The van der Waals surface area contributed by atoms with Crippen LogP contribution in [0.3, 0.4) is 0 Å². The fraction of sp³-hybridized carbons (Fsp3) is 0.533. The predicted molar refractivity (Wildman–Crippen MR) is 94.4 cm³/mol. The first-order valence-corrected chi connectivity index (χ1v) is 9.25. The third-order valence-corrected chi connectivity index (χ3v) is 3.63. The van der Waals surface area contributed by atoms with Crippen LogP contribution in [0.4, 0.5) is 5.69 Å². The first kappa shape index (κ1) is 18.6. The largest absolute Gasteiger partial charge is 0.372 e. The molecule has 0 heterocycles. The molecular formula is C15H22Br2N2O2. The van der Waals surface area contributed by atoms with Crippen molar-refractivity contribution in [2.75, 3.05) is 42.3 Å². The zero-order valence-electron chi connectivity index (χ0n) is 12.3. The molecule has 1 N–H and O–H groups in total. The van der Waals surface area contributed by atoms with Crippen LogP contribution in [0.1, 0.15) is 12.5 Å². The molecule has 0 unspecified atom stereocenters. The molecule has 0 aromatic heterocycles. The molecular weight excluding hydrogens is 400 g/mol. The minimum atomic E-state index is -0.114. The number of carbonyl (C=O) groups is 1. The summed E-state index contributed by atoms with van der Waals surface area (Å²) in [6.45, 7) is 5.25. The molecule has 0 saturated heterocycles. The van der Waals surface area contributed by atoms with E-state index in [1.807, 2.05) is 31.2 Å². The van der Waals surface area contributed by atoms with E-state index in [-0.39, 0.29) is 12.5 Å². The van der Waals surface area contributed by atoms with Crippen LogP contribution in [-0.2, 0) is 16.1 Å². The van der Waals surface area contributed by atoms with Crippen molar-refractivity contribution in [3.8, 4) is 0 Å². The van der Waals surface area contributed by atoms with Gasteiger partial charge < -0.3 is 10.1 Å². The van der Waals surface area contributed by atoms with Gasteiger partial charge in [-0.15, -0.1) is 0 Å². The van der Waals surface area contributed by atoms with Gasteiger partial charge in [0.2, 0.25) is 5.91 Å². The SMILES string of the molecule is CCOCC(=O)Nc1ccccc1CN(CCBr)CCBr. The number of rotatable bonds is 10. The molecule has 0 aliphatic rings. The lowest BCUT2D eigenvalue weighted by Gasteiger charge is -2.22. The average molecular weight is 422 g/mol. The standard InChI is InChI=1S/C15H22Br2N2O2/c1-2-21-12-15(20)18-14-6-4-3-5-13(14)11-19(9-7-16)10-8-17/h3-6H,2,7-12H2,1H3,(H,18,20). The average Bonchev–Trinajstić information content (AvgIpc) is 2.47. The molecule has 118 valence electrons. The molecule has 0 fully saturated rings. The zero-order valence-corrected chi connectivity index (χ0v) is 15.5. The summed E-state index contributed by atoms with van der Waals surface area (Å²) in [4.78, 5) is 14.1. The normalized spacial score (nSPS) is 10.9. The lowest BCUT2D eigenvalue weighted by molar-refractivity contribution is -0.120. The zero-order chi connectivity index (χ0) is 15.5. The van der Waals surface area contributed by atoms with Crippen LogP contribution in [0.2, 0.25) is 0 Å². The molecule has 0 saturated carbocycles. The van der Waals surface area contributed by atoms with Gasteiger partial charge in [0.1, 0.15) is 6.61 Å². The Labute approximate surface area is 143 Å². The predicted octanol–water partition coefficient (Wildman–Crippen LogP) is 3.25. The van der Waals surface area contributed by atoms with Crippen molar-refractivity contribution in [2.45, 2.75) is 13.5 Å². The van der Waals surface area contributed by atoms with Gasteiger partial charge in [0.05, 0.1) is 0 Å². The maximum Gasteiger partial charge on any atom is 0.250 e. The van der Waals surface area contributed by atoms with Crippen molar-refractivity contribution in [1.82, 2.24) is 4.90 Å². The van der Waals surface area contributed by atoms with E-state index >= 15 is 0 Å².